The van der Waals surface area contributed by atoms with Crippen molar-refractivity contribution >= 4 is 0 Å². The molecule has 0 aromatic heterocycles. The van der Waals surface area contributed by atoms with Gasteiger partial charge in [0.25, 0.3) is 0 Å². The fourth-order valence-corrected chi connectivity index (χ4v) is 3.92. The van der Waals surface area contributed by atoms with Crippen LogP contribution in [0.4, 0.5) is 13.2 Å². The molecule has 0 radical (unpaired) electrons. The Labute approximate surface area is 126 Å². The molecule has 1 N–H and O–H groups in total. The SMILES string of the molecule is CC(C)N(CC1CCCNC1)C1CCCC(C(F)(F)F)C1. The molecule has 21 heavy (non-hydrogen) atoms. The molecule has 1 heterocycles. The van der Waals surface area contributed by atoms with Crippen LogP contribution in [0.3, 0.4) is 0 Å². The minimum absolute atomic E-state index is 0.104. The van der Waals surface area contributed by atoms with Gasteiger partial charge in [0.2, 0.25) is 0 Å². The third-order valence-corrected chi connectivity index (χ3v) is 5.11. The minimum Gasteiger partial charge on any atom is -0.316 e. The summed E-state index contributed by atoms with van der Waals surface area (Å²) in [4.78, 5) is 2.34. The number of rotatable bonds is 4. The third-order valence-electron chi connectivity index (χ3n) is 5.11. The van der Waals surface area contributed by atoms with E-state index in [0.717, 1.165) is 26.1 Å². The molecule has 1 aliphatic carbocycles. The van der Waals surface area contributed by atoms with Gasteiger partial charge < -0.3 is 5.32 Å². The summed E-state index contributed by atoms with van der Waals surface area (Å²) < 4.78 is 39.0. The second-order valence-corrected chi connectivity index (χ2v) is 7.06. The summed E-state index contributed by atoms with van der Waals surface area (Å²) in [5, 5.41) is 3.41. The molecule has 5 heteroatoms. The molecule has 1 aliphatic heterocycles. The molecular formula is C16H29F3N2. The molecule has 0 amide bonds. The van der Waals surface area contributed by atoms with Crippen LogP contribution in [-0.2, 0) is 0 Å². The maximum Gasteiger partial charge on any atom is 0.391 e. The molecule has 2 nitrogen and oxygen atoms in total. The van der Waals surface area contributed by atoms with Crippen LogP contribution in [0.25, 0.3) is 0 Å². The largest absolute Gasteiger partial charge is 0.391 e. The summed E-state index contributed by atoms with van der Waals surface area (Å²) in [7, 11) is 0. The average Bonchev–Trinajstić information content (AvgIpc) is 2.45. The quantitative estimate of drug-likeness (QED) is 0.849. The summed E-state index contributed by atoms with van der Waals surface area (Å²) in [5.41, 5.74) is 0. The summed E-state index contributed by atoms with van der Waals surface area (Å²) in [6.07, 6.45) is 0.608. The summed E-state index contributed by atoms with van der Waals surface area (Å²) >= 11 is 0. The first-order chi connectivity index (χ1) is 9.88. The van der Waals surface area contributed by atoms with Crippen LogP contribution in [0.15, 0.2) is 0 Å². The highest BCUT2D eigenvalue weighted by Crippen LogP contribution is 2.39. The highest BCUT2D eigenvalue weighted by molar-refractivity contribution is 4.86. The Morgan fingerprint density at radius 1 is 1.14 bits per heavy atom. The zero-order valence-corrected chi connectivity index (χ0v) is 13.3. The topological polar surface area (TPSA) is 15.3 Å². The number of hydrogen-bond donors (Lipinski definition) is 1. The molecule has 2 rings (SSSR count). The number of alkyl halides is 3. The van der Waals surface area contributed by atoms with E-state index in [-0.39, 0.29) is 6.04 Å². The van der Waals surface area contributed by atoms with E-state index in [1.54, 1.807) is 0 Å². The molecule has 0 aromatic carbocycles. The molecule has 3 atom stereocenters. The van der Waals surface area contributed by atoms with E-state index < -0.39 is 12.1 Å². The number of nitrogens with zero attached hydrogens (tertiary/aromatic N) is 1. The first kappa shape index (κ1) is 17.1. The van der Waals surface area contributed by atoms with Crippen molar-refractivity contribution in [2.45, 2.75) is 70.6 Å². The van der Waals surface area contributed by atoms with Crippen molar-refractivity contribution in [1.82, 2.24) is 10.2 Å². The van der Waals surface area contributed by atoms with Crippen LogP contribution in [0, 0.1) is 11.8 Å². The Kier molecular flexibility index (Phi) is 5.95. The standard InChI is InChI=1S/C16H29F3N2/c1-12(2)21(11-13-5-4-8-20-10-13)15-7-3-6-14(9-15)16(17,18)19/h12-15,20H,3-11H2,1-2H3. The van der Waals surface area contributed by atoms with E-state index in [1.165, 1.54) is 12.8 Å². The van der Waals surface area contributed by atoms with E-state index in [2.05, 4.69) is 24.1 Å². The smallest absolute Gasteiger partial charge is 0.316 e. The number of halogens is 3. The van der Waals surface area contributed by atoms with Gasteiger partial charge in [0.15, 0.2) is 0 Å². The van der Waals surface area contributed by atoms with Crippen LogP contribution in [-0.4, -0.2) is 42.8 Å². The molecule has 2 fully saturated rings. The fraction of sp³-hybridized carbons (Fsp3) is 1.00. The molecule has 0 bridgehead atoms. The van der Waals surface area contributed by atoms with Crippen molar-refractivity contribution in [1.29, 1.82) is 0 Å². The Hall–Kier alpha value is -0.290. The van der Waals surface area contributed by atoms with E-state index in [9.17, 15) is 13.2 Å². The van der Waals surface area contributed by atoms with Crippen LogP contribution >= 0.6 is 0 Å². The van der Waals surface area contributed by atoms with Gasteiger partial charge >= 0.3 is 6.18 Å². The molecule has 0 aromatic rings. The second-order valence-electron chi connectivity index (χ2n) is 7.06. The van der Waals surface area contributed by atoms with Gasteiger partial charge in [-0.3, -0.25) is 4.90 Å². The molecule has 124 valence electrons. The van der Waals surface area contributed by atoms with Gasteiger partial charge in [0.1, 0.15) is 0 Å². The van der Waals surface area contributed by atoms with Gasteiger partial charge in [-0.25, -0.2) is 0 Å². The van der Waals surface area contributed by atoms with Crippen LogP contribution in [0.2, 0.25) is 0 Å². The molecule has 0 spiro atoms. The first-order valence-electron chi connectivity index (χ1n) is 8.41. The maximum atomic E-state index is 13.0. The van der Waals surface area contributed by atoms with Crippen LogP contribution in [0.1, 0.15) is 52.4 Å². The number of nitrogens with one attached hydrogen (secondary N) is 1. The van der Waals surface area contributed by atoms with Gasteiger partial charge in [-0.05, 0) is 65.0 Å². The highest BCUT2D eigenvalue weighted by Gasteiger charge is 2.43. The van der Waals surface area contributed by atoms with Gasteiger partial charge in [0, 0.05) is 18.6 Å². The lowest BCUT2D eigenvalue weighted by Crippen LogP contribution is -2.49. The predicted octanol–water partition coefficient (Wildman–Crippen LogP) is 3.82. The summed E-state index contributed by atoms with van der Waals surface area (Å²) in [6, 6.07) is 0.427. The van der Waals surface area contributed by atoms with Gasteiger partial charge in [-0.15, -0.1) is 0 Å². The molecule has 2 aliphatic rings. The number of piperidine rings is 1. The Morgan fingerprint density at radius 2 is 1.90 bits per heavy atom. The van der Waals surface area contributed by atoms with E-state index in [1.807, 2.05) is 0 Å². The average molecular weight is 306 g/mol. The normalized spacial score (nSPS) is 31.9. The zero-order chi connectivity index (χ0) is 15.5. The van der Waals surface area contributed by atoms with E-state index >= 15 is 0 Å². The molecule has 1 saturated heterocycles. The third kappa shape index (κ3) is 4.85. The summed E-state index contributed by atoms with van der Waals surface area (Å²) in [6.45, 7) is 7.28. The van der Waals surface area contributed by atoms with Crippen molar-refractivity contribution in [3.05, 3.63) is 0 Å². The molecule has 1 saturated carbocycles. The highest BCUT2D eigenvalue weighted by atomic mass is 19.4. The lowest BCUT2D eigenvalue weighted by Gasteiger charge is -2.42. The number of hydrogen-bond acceptors (Lipinski definition) is 2. The van der Waals surface area contributed by atoms with Crippen molar-refractivity contribution in [2.75, 3.05) is 19.6 Å². The van der Waals surface area contributed by atoms with Gasteiger partial charge in [0.05, 0.1) is 5.92 Å². The van der Waals surface area contributed by atoms with Gasteiger partial charge in [-0.1, -0.05) is 6.42 Å². The van der Waals surface area contributed by atoms with E-state index in [0.29, 0.717) is 31.2 Å². The van der Waals surface area contributed by atoms with Crippen LogP contribution in [0.5, 0.6) is 0 Å². The zero-order valence-electron chi connectivity index (χ0n) is 13.3. The summed E-state index contributed by atoms with van der Waals surface area (Å²) in [5.74, 6) is -0.505. The van der Waals surface area contributed by atoms with Crippen molar-refractivity contribution < 1.29 is 13.2 Å². The van der Waals surface area contributed by atoms with Crippen molar-refractivity contribution in [2.24, 2.45) is 11.8 Å². The lowest BCUT2D eigenvalue weighted by molar-refractivity contribution is -0.187. The molecular weight excluding hydrogens is 277 g/mol. The molecule has 3 unspecified atom stereocenters. The minimum atomic E-state index is -4.02. The predicted molar refractivity (Wildman–Crippen MR) is 79.2 cm³/mol. The monoisotopic (exact) mass is 306 g/mol. The Bertz CT molecular complexity index is 311. The van der Waals surface area contributed by atoms with Crippen molar-refractivity contribution in [3.8, 4) is 0 Å². The van der Waals surface area contributed by atoms with Crippen LogP contribution < -0.4 is 5.32 Å². The first-order valence-corrected chi connectivity index (χ1v) is 8.41. The van der Waals surface area contributed by atoms with Gasteiger partial charge in [-0.2, -0.15) is 13.2 Å². The maximum absolute atomic E-state index is 13.0. The fourth-order valence-electron chi connectivity index (χ4n) is 3.92. The Morgan fingerprint density at radius 3 is 2.48 bits per heavy atom. The second kappa shape index (κ2) is 7.32. The lowest BCUT2D eigenvalue weighted by atomic mass is 9.83. The Balaban J connectivity index is 1.96. The van der Waals surface area contributed by atoms with Crippen molar-refractivity contribution in [3.63, 3.8) is 0 Å². The van der Waals surface area contributed by atoms with E-state index in [4.69, 9.17) is 0 Å².